The Morgan fingerprint density at radius 3 is 2.71 bits per heavy atom. The molecule has 3 rings (SSSR count). The van der Waals surface area contributed by atoms with Crippen molar-refractivity contribution in [2.45, 2.75) is 6.92 Å². The molecule has 0 saturated carbocycles. The molecule has 0 aliphatic heterocycles. The Morgan fingerprint density at radius 1 is 1.21 bits per heavy atom. The Morgan fingerprint density at radius 2 is 2.00 bits per heavy atom. The summed E-state index contributed by atoms with van der Waals surface area (Å²) in [5.74, 6) is -1.53. The predicted molar refractivity (Wildman–Crippen MR) is 99.7 cm³/mol. The number of halogens is 2. The van der Waals surface area contributed by atoms with Gasteiger partial charge in [0.05, 0.1) is 30.0 Å². The highest BCUT2D eigenvalue weighted by atomic mass is 19.1. The van der Waals surface area contributed by atoms with E-state index in [0.29, 0.717) is 0 Å². The highest BCUT2D eigenvalue weighted by Crippen LogP contribution is 2.26. The number of amidine groups is 1. The quantitative estimate of drug-likeness (QED) is 0.394. The van der Waals surface area contributed by atoms with E-state index in [1.807, 2.05) is 0 Å². The lowest BCUT2D eigenvalue weighted by molar-refractivity contribution is 0.102. The van der Waals surface area contributed by atoms with E-state index in [2.05, 4.69) is 25.3 Å². The van der Waals surface area contributed by atoms with Crippen LogP contribution in [0.25, 0.3) is 0 Å². The molecule has 1 amide bonds. The number of nitrogens with one attached hydrogen (secondary N) is 1. The summed E-state index contributed by atoms with van der Waals surface area (Å²) >= 11 is 0. The van der Waals surface area contributed by atoms with Gasteiger partial charge in [0.1, 0.15) is 23.1 Å². The molecule has 0 saturated heterocycles. The first kappa shape index (κ1) is 18.8. The first-order chi connectivity index (χ1) is 13.4. The first-order valence-corrected chi connectivity index (χ1v) is 7.94. The lowest BCUT2D eigenvalue weighted by atomic mass is 10.2. The molecule has 0 aromatic carbocycles. The molecule has 8 nitrogen and oxygen atoms in total. The number of anilines is 1. The number of rotatable bonds is 5. The molecule has 0 atom stereocenters. The van der Waals surface area contributed by atoms with E-state index in [-0.39, 0.29) is 36.0 Å². The SMILES string of the molecule is C/C(N)=N/c1ncc(Oc2cncc(F)c2)cc1C(=O)Nc1cccc(F)n1.[HH]. The van der Waals surface area contributed by atoms with E-state index in [1.165, 1.54) is 37.5 Å². The van der Waals surface area contributed by atoms with Crippen LogP contribution < -0.4 is 15.8 Å². The fourth-order valence-electron chi connectivity index (χ4n) is 2.16. The molecular formula is C18H16F2N6O2. The summed E-state index contributed by atoms with van der Waals surface area (Å²) < 4.78 is 32.0. The molecule has 28 heavy (non-hydrogen) atoms. The molecule has 3 N–H and O–H groups in total. The monoisotopic (exact) mass is 386 g/mol. The summed E-state index contributed by atoms with van der Waals surface area (Å²) in [4.78, 5) is 27.9. The number of carbonyl (C=O) groups excluding carboxylic acids is 1. The number of pyridine rings is 3. The minimum absolute atomic E-state index is 0. The second-order valence-electron chi connectivity index (χ2n) is 5.54. The van der Waals surface area contributed by atoms with Crippen LogP contribution in [0.2, 0.25) is 0 Å². The molecule has 0 aliphatic rings. The van der Waals surface area contributed by atoms with Gasteiger partial charge < -0.3 is 15.8 Å². The average Bonchev–Trinajstić information content (AvgIpc) is 2.62. The topological polar surface area (TPSA) is 115 Å². The molecule has 0 spiro atoms. The van der Waals surface area contributed by atoms with Gasteiger partial charge in [-0.15, -0.1) is 0 Å². The zero-order valence-corrected chi connectivity index (χ0v) is 14.6. The van der Waals surface area contributed by atoms with Crippen molar-refractivity contribution in [2.75, 3.05) is 5.32 Å². The first-order valence-electron chi connectivity index (χ1n) is 7.94. The summed E-state index contributed by atoms with van der Waals surface area (Å²) in [5.41, 5.74) is 5.58. The lowest BCUT2D eigenvalue weighted by Crippen LogP contribution is -2.15. The standard InChI is InChI=1S/C18H14F2N6O2.H2/c1-10(21)24-17-14(18(27)26-16-4-2-3-15(20)25-16)6-13(9-23-17)28-12-5-11(19)7-22-8-12;/h2-9H,1H3,(H2,21,23,24)(H,25,26,27);1H. The van der Waals surface area contributed by atoms with E-state index < -0.39 is 17.7 Å². The van der Waals surface area contributed by atoms with Crippen molar-refractivity contribution >= 4 is 23.4 Å². The minimum atomic E-state index is -0.748. The largest absolute Gasteiger partial charge is 0.454 e. The minimum Gasteiger partial charge on any atom is -0.454 e. The molecule has 0 aliphatic carbocycles. The average molecular weight is 386 g/mol. The lowest BCUT2D eigenvalue weighted by Gasteiger charge is -2.10. The molecule has 10 heteroatoms. The van der Waals surface area contributed by atoms with Crippen LogP contribution in [0.15, 0.2) is 53.9 Å². The number of amides is 1. The third kappa shape index (κ3) is 4.81. The molecule has 3 aromatic heterocycles. The number of aliphatic imine (C=N–C) groups is 1. The molecule has 0 bridgehead atoms. The normalized spacial score (nSPS) is 11.2. The summed E-state index contributed by atoms with van der Waals surface area (Å²) in [5, 5.41) is 2.44. The number of hydrogen-bond acceptors (Lipinski definition) is 6. The van der Waals surface area contributed by atoms with Gasteiger partial charge in [-0.25, -0.2) is 19.4 Å². The number of nitrogens with two attached hydrogens (primary N) is 1. The van der Waals surface area contributed by atoms with Crippen molar-refractivity contribution in [1.29, 1.82) is 0 Å². The van der Waals surface area contributed by atoms with Gasteiger partial charge in [-0.3, -0.25) is 9.78 Å². The second-order valence-corrected chi connectivity index (χ2v) is 5.54. The van der Waals surface area contributed by atoms with Gasteiger partial charge in [-0.1, -0.05) is 6.07 Å². The van der Waals surface area contributed by atoms with Crippen LogP contribution in [0.3, 0.4) is 0 Å². The zero-order valence-electron chi connectivity index (χ0n) is 14.6. The molecule has 3 heterocycles. The van der Waals surface area contributed by atoms with Crippen LogP contribution in [-0.2, 0) is 0 Å². The summed E-state index contributed by atoms with van der Waals surface area (Å²) in [7, 11) is 0. The molecule has 0 fully saturated rings. The Kier molecular flexibility index (Phi) is 5.49. The highest BCUT2D eigenvalue weighted by Gasteiger charge is 2.16. The van der Waals surface area contributed by atoms with Gasteiger partial charge in [0.2, 0.25) is 5.95 Å². The Bertz CT molecular complexity index is 1060. The Hall–Kier alpha value is -3.95. The number of nitrogens with zero attached hydrogens (tertiary/aromatic N) is 4. The molecule has 144 valence electrons. The van der Waals surface area contributed by atoms with Crippen LogP contribution in [0.1, 0.15) is 18.7 Å². The van der Waals surface area contributed by atoms with E-state index in [4.69, 9.17) is 10.5 Å². The predicted octanol–water partition coefficient (Wildman–Crippen LogP) is 3.45. The number of ether oxygens (including phenoxy) is 1. The second kappa shape index (κ2) is 8.16. The van der Waals surface area contributed by atoms with E-state index in [9.17, 15) is 13.6 Å². The van der Waals surface area contributed by atoms with Gasteiger partial charge >= 0.3 is 0 Å². The third-order valence-corrected chi connectivity index (χ3v) is 3.24. The van der Waals surface area contributed by atoms with Crippen molar-refractivity contribution in [3.8, 4) is 11.5 Å². The maximum atomic E-state index is 13.3. The van der Waals surface area contributed by atoms with E-state index >= 15 is 0 Å². The van der Waals surface area contributed by atoms with Crippen molar-refractivity contribution in [1.82, 2.24) is 15.0 Å². The van der Waals surface area contributed by atoms with Crippen LogP contribution in [0, 0.1) is 11.8 Å². The number of aromatic nitrogens is 3. The van der Waals surface area contributed by atoms with E-state index in [0.717, 1.165) is 18.3 Å². The van der Waals surface area contributed by atoms with Gasteiger partial charge in [-0.2, -0.15) is 4.39 Å². The Balaban J connectivity index is 0.00000300. The smallest absolute Gasteiger partial charge is 0.260 e. The van der Waals surface area contributed by atoms with Gasteiger partial charge in [0.25, 0.3) is 5.91 Å². The molecular weight excluding hydrogens is 370 g/mol. The van der Waals surface area contributed by atoms with Gasteiger partial charge in [-0.05, 0) is 25.1 Å². The Labute approximate surface area is 159 Å². The van der Waals surface area contributed by atoms with Crippen molar-refractivity contribution in [2.24, 2.45) is 10.7 Å². The van der Waals surface area contributed by atoms with Gasteiger partial charge in [0.15, 0.2) is 5.82 Å². The zero-order chi connectivity index (χ0) is 20.1. The van der Waals surface area contributed by atoms with E-state index in [1.54, 1.807) is 0 Å². The molecule has 3 aromatic rings. The number of hydrogen-bond donors (Lipinski definition) is 2. The third-order valence-electron chi connectivity index (χ3n) is 3.24. The van der Waals surface area contributed by atoms with Gasteiger partial charge in [0, 0.05) is 7.49 Å². The summed E-state index contributed by atoms with van der Waals surface area (Å²) in [6.07, 6.45) is 3.62. The highest BCUT2D eigenvalue weighted by molar-refractivity contribution is 6.07. The van der Waals surface area contributed by atoms with Crippen LogP contribution in [0.5, 0.6) is 11.5 Å². The maximum absolute atomic E-state index is 13.3. The van der Waals surface area contributed by atoms with Crippen molar-refractivity contribution < 1.29 is 19.7 Å². The fourth-order valence-corrected chi connectivity index (χ4v) is 2.16. The molecule has 0 unspecified atom stereocenters. The van der Waals surface area contributed by atoms with Crippen LogP contribution in [-0.4, -0.2) is 26.7 Å². The van der Waals surface area contributed by atoms with Crippen molar-refractivity contribution in [3.63, 3.8) is 0 Å². The van der Waals surface area contributed by atoms with Crippen molar-refractivity contribution in [3.05, 3.63) is 66.3 Å². The summed E-state index contributed by atoms with van der Waals surface area (Å²) in [6.45, 7) is 1.53. The van der Waals surface area contributed by atoms with Crippen LogP contribution in [0.4, 0.5) is 20.4 Å². The van der Waals surface area contributed by atoms with Crippen LogP contribution >= 0.6 is 0 Å². The maximum Gasteiger partial charge on any atom is 0.260 e. The summed E-state index contributed by atoms with van der Waals surface area (Å²) in [6, 6.07) is 6.43. The number of carbonyl (C=O) groups is 1. The molecule has 0 radical (unpaired) electrons. The fraction of sp³-hybridized carbons (Fsp3) is 0.0556.